The number of aliphatic hydroxyl groups excluding tert-OH is 1. The highest BCUT2D eigenvalue weighted by Crippen LogP contribution is 2.35. The summed E-state index contributed by atoms with van der Waals surface area (Å²) in [6.45, 7) is 1.84. The Morgan fingerprint density at radius 1 is 1.78 bits per heavy atom. The van der Waals surface area contributed by atoms with Gasteiger partial charge in [0.05, 0.1) is 0 Å². The zero-order chi connectivity index (χ0) is 7.07. The van der Waals surface area contributed by atoms with E-state index in [0.29, 0.717) is 6.42 Å². The fourth-order valence-electron chi connectivity index (χ4n) is 0.800. The third kappa shape index (κ3) is 1.07. The number of ether oxygens (including phenoxy) is 1. The molecule has 1 heterocycles. The first-order valence-electron chi connectivity index (χ1n) is 2.93. The predicted molar refractivity (Wildman–Crippen MR) is 30.3 cm³/mol. The molecule has 1 saturated heterocycles. The highest BCUT2D eigenvalue weighted by atomic mass is 16.7. The summed E-state index contributed by atoms with van der Waals surface area (Å²) in [6.07, 6.45) is -1.41. The molecule has 0 radical (unpaired) electrons. The Morgan fingerprint density at radius 2 is 2.33 bits per heavy atom. The topological polar surface area (TPSA) is 79.0 Å². The van der Waals surface area contributed by atoms with Crippen molar-refractivity contribution in [2.45, 2.75) is 31.5 Å². The van der Waals surface area contributed by atoms with Gasteiger partial charge in [-0.15, -0.1) is 0 Å². The molecule has 4 nitrogen and oxygen atoms in total. The van der Waals surface area contributed by atoms with Crippen LogP contribution in [0.25, 0.3) is 0 Å². The van der Waals surface area contributed by atoms with Gasteiger partial charge in [-0.05, 0) is 6.42 Å². The first-order chi connectivity index (χ1) is 4.10. The van der Waals surface area contributed by atoms with Gasteiger partial charge in [0, 0.05) is 0 Å². The molecular weight excluding hydrogens is 122 g/mol. The van der Waals surface area contributed by atoms with Gasteiger partial charge in [0.15, 0.2) is 12.4 Å². The molecule has 2 atom stereocenters. The summed E-state index contributed by atoms with van der Waals surface area (Å²) in [5, 5.41) is 17.0. The van der Waals surface area contributed by atoms with Gasteiger partial charge in [-0.2, -0.15) is 0 Å². The average Bonchev–Trinajstić information content (AvgIpc) is 2.44. The molecule has 0 aromatic carbocycles. The molecule has 0 aromatic heterocycles. The standard InChI is InChI=1S/C5H11NO3/c1-2-5(6)3(9-5)4(7)8/h3-4,7-8H,2,6H2,1H3. The van der Waals surface area contributed by atoms with Crippen LogP contribution in [0.15, 0.2) is 0 Å². The van der Waals surface area contributed by atoms with Crippen LogP contribution in [0.5, 0.6) is 0 Å². The van der Waals surface area contributed by atoms with Crippen molar-refractivity contribution >= 4 is 0 Å². The smallest absolute Gasteiger partial charge is 0.182 e. The van der Waals surface area contributed by atoms with Gasteiger partial charge in [-0.1, -0.05) is 6.92 Å². The second-order valence-electron chi connectivity index (χ2n) is 2.26. The monoisotopic (exact) mass is 133 g/mol. The summed E-state index contributed by atoms with van der Waals surface area (Å²) < 4.78 is 4.79. The van der Waals surface area contributed by atoms with Crippen LogP contribution in [0, 0.1) is 0 Å². The maximum absolute atomic E-state index is 8.51. The molecule has 0 bridgehead atoms. The lowest BCUT2D eigenvalue weighted by Crippen LogP contribution is -2.31. The molecule has 4 heteroatoms. The van der Waals surface area contributed by atoms with Crippen LogP contribution < -0.4 is 5.73 Å². The molecule has 0 aliphatic carbocycles. The molecule has 54 valence electrons. The van der Waals surface area contributed by atoms with Crippen molar-refractivity contribution in [2.75, 3.05) is 0 Å². The largest absolute Gasteiger partial charge is 0.366 e. The summed E-state index contributed by atoms with van der Waals surface area (Å²) in [5.74, 6) is 0. The SMILES string of the molecule is CCC1(N)OC1C(O)O. The fraction of sp³-hybridized carbons (Fsp3) is 1.00. The van der Waals surface area contributed by atoms with Crippen molar-refractivity contribution in [1.82, 2.24) is 0 Å². The van der Waals surface area contributed by atoms with Gasteiger partial charge >= 0.3 is 0 Å². The average molecular weight is 133 g/mol. The highest BCUT2D eigenvalue weighted by Gasteiger charge is 2.55. The van der Waals surface area contributed by atoms with Crippen molar-refractivity contribution < 1.29 is 14.9 Å². The lowest BCUT2D eigenvalue weighted by Gasteiger charge is -2.01. The van der Waals surface area contributed by atoms with E-state index in [1.165, 1.54) is 0 Å². The summed E-state index contributed by atoms with van der Waals surface area (Å²) in [5.41, 5.74) is 4.68. The zero-order valence-corrected chi connectivity index (χ0v) is 5.24. The van der Waals surface area contributed by atoms with E-state index in [9.17, 15) is 0 Å². The lowest BCUT2D eigenvalue weighted by molar-refractivity contribution is -0.0585. The van der Waals surface area contributed by atoms with Crippen molar-refractivity contribution in [3.05, 3.63) is 0 Å². The third-order valence-corrected chi connectivity index (χ3v) is 1.59. The third-order valence-electron chi connectivity index (χ3n) is 1.59. The Kier molecular flexibility index (Phi) is 1.48. The normalized spacial score (nSPS) is 41.7. The minimum atomic E-state index is -1.44. The van der Waals surface area contributed by atoms with Crippen molar-refractivity contribution in [3.8, 4) is 0 Å². The van der Waals surface area contributed by atoms with Gasteiger partial charge in [0.25, 0.3) is 0 Å². The zero-order valence-electron chi connectivity index (χ0n) is 5.24. The Labute approximate surface area is 53.2 Å². The molecule has 0 aromatic rings. The molecule has 1 fully saturated rings. The van der Waals surface area contributed by atoms with Crippen molar-refractivity contribution in [2.24, 2.45) is 5.73 Å². The molecule has 0 amide bonds. The number of epoxide rings is 1. The molecule has 4 N–H and O–H groups in total. The number of hydrogen-bond donors (Lipinski definition) is 3. The van der Waals surface area contributed by atoms with E-state index in [2.05, 4.69) is 0 Å². The molecule has 1 aliphatic rings. The molecular formula is C5H11NO3. The van der Waals surface area contributed by atoms with E-state index >= 15 is 0 Å². The van der Waals surface area contributed by atoms with E-state index in [1.807, 2.05) is 6.92 Å². The highest BCUT2D eigenvalue weighted by molar-refractivity contribution is 4.97. The Morgan fingerprint density at radius 3 is 2.44 bits per heavy atom. The van der Waals surface area contributed by atoms with Crippen LogP contribution in [-0.2, 0) is 4.74 Å². The lowest BCUT2D eigenvalue weighted by atomic mass is 10.2. The van der Waals surface area contributed by atoms with Crippen LogP contribution >= 0.6 is 0 Å². The second kappa shape index (κ2) is 1.91. The van der Waals surface area contributed by atoms with Crippen molar-refractivity contribution in [1.29, 1.82) is 0 Å². The Bertz CT molecular complexity index is 117. The van der Waals surface area contributed by atoms with Gasteiger partial charge in [0.2, 0.25) is 0 Å². The van der Waals surface area contributed by atoms with Gasteiger partial charge in [-0.25, -0.2) is 0 Å². The minimum absolute atomic E-state index is 0.581. The second-order valence-corrected chi connectivity index (χ2v) is 2.26. The van der Waals surface area contributed by atoms with E-state index in [-0.39, 0.29) is 0 Å². The summed E-state index contributed by atoms with van der Waals surface area (Å²) >= 11 is 0. The van der Waals surface area contributed by atoms with E-state index in [4.69, 9.17) is 20.7 Å². The molecule has 0 spiro atoms. The van der Waals surface area contributed by atoms with Gasteiger partial charge in [-0.3, -0.25) is 0 Å². The predicted octanol–water partition coefficient (Wildman–Crippen LogP) is -1.24. The van der Waals surface area contributed by atoms with Gasteiger partial charge < -0.3 is 20.7 Å². The number of rotatable bonds is 2. The van der Waals surface area contributed by atoms with Crippen LogP contribution in [-0.4, -0.2) is 28.3 Å². The van der Waals surface area contributed by atoms with Gasteiger partial charge in [0.1, 0.15) is 5.72 Å². The van der Waals surface area contributed by atoms with E-state index in [0.717, 1.165) is 0 Å². The molecule has 9 heavy (non-hydrogen) atoms. The minimum Gasteiger partial charge on any atom is -0.366 e. The Balaban J connectivity index is 2.38. The molecule has 2 unspecified atom stereocenters. The number of hydrogen-bond acceptors (Lipinski definition) is 4. The first kappa shape index (κ1) is 6.95. The summed E-state index contributed by atoms with van der Waals surface area (Å²) in [4.78, 5) is 0. The maximum atomic E-state index is 8.51. The number of aliphatic hydroxyl groups is 2. The van der Waals surface area contributed by atoms with E-state index < -0.39 is 18.1 Å². The van der Waals surface area contributed by atoms with E-state index in [1.54, 1.807) is 0 Å². The molecule has 1 aliphatic heterocycles. The number of nitrogens with two attached hydrogens (primary N) is 1. The Hall–Kier alpha value is -0.160. The summed E-state index contributed by atoms with van der Waals surface area (Å²) in [6, 6.07) is 0. The van der Waals surface area contributed by atoms with Crippen LogP contribution in [0.2, 0.25) is 0 Å². The maximum Gasteiger partial charge on any atom is 0.182 e. The molecule has 0 saturated carbocycles. The summed E-state index contributed by atoms with van der Waals surface area (Å²) in [7, 11) is 0. The van der Waals surface area contributed by atoms with Crippen LogP contribution in [0.3, 0.4) is 0 Å². The first-order valence-corrected chi connectivity index (χ1v) is 2.93. The molecule has 1 rings (SSSR count). The van der Waals surface area contributed by atoms with Crippen molar-refractivity contribution in [3.63, 3.8) is 0 Å². The fourth-order valence-corrected chi connectivity index (χ4v) is 0.800. The quantitative estimate of drug-likeness (QED) is 0.325. The van der Waals surface area contributed by atoms with Crippen LogP contribution in [0.4, 0.5) is 0 Å². The van der Waals surface area contributed by atoms with Crippen LogP contribution in [0.1, 0.15) is 13.3 Å².